The minimum atomic E-state index is -0.290. The Labute approximate surface area is 290 Å². The van der Waals surface area contributed by atoms with Crippen LogP contribution in [0.5, 0.6) is 11.5 Å². The number of aromatic hydroxyl groups is 2. The quantitative estimate of drug-likeness (QED) is 0.0828. The molecular formula is C42H61NO5. The number of hydrogen-bond donors (Lipinski definition) is 3. The number of rotatable bonds is 20. The standard InChI is InChI=1S/C27H46O3.C15H15NO2/c1-4-5-6-7-8-9-10-11-12-13-14-15-16-17-18-19-20-30-27(29)25-21-23(2)26(28)24(3)22-25;1-10-8-12(9-11(2)14(10)17)15(18)16-13-6-4-3-5-7-13/h21-22,28H,4-20H2,1-3H3;3-9,17H,1-2H3,(H,16,18). The molecule has 0 fully saturated rings. The highest BCUT2D eigenvalue weighted by Crippen LogP contribution is 2.24. The molecule has 0 aromatic heterocycles. The van der Waals surface area contributed by atoms with E-state index in [1.807, 2.05) is 30.3 Å². The summed E-state index contributed by atoms with van der Waals surface area (Å²) < 4.78 is 5.38. The van der Waals surface area contributed by atoms with Gasteiger partial charge in [0.15, 0.2) is 0 Å². The SMILES string of the molecule is CCCCCCCCCCCCCCCCCCOC(=O)c1cc(C)c(O)c(C)c1.Cc1cc(C(=O)Nc2ccccc2)cc(C)c1O. The molecule has 6 nitrogen and oxygen atoms in total. The molecule has 3 aromatic rings. The number of phenolic OH excluding ortho intramolecular Hbond substituents is 2. The van der Waals surface area contributed by atoms with Gasteiger partial charge in [-0.15, -0.1) is 0 Å². The summed E-state index contributed by atoms with van der Waals surface area (Å²) in [7, 11) is 0. The van der Waals surface area contributed by atoms with Gasteiger partial charge in [0.1, 0.15) is 11.5 Å². The van der Waals surface area contributed by atoms with Crippen LogP contribution in [0.2, 0.25) is 0 Å². The molecule has 0 spiro atoms. The first-order valence-corrected chi connectivity index (χ1v) is 18.3. The monoisotopic (exact) mass is 659 g/mol. The second kappa shape index (κ2) is 23.5. The summed E-state index contributed by atoms with van der Waals surface area (Å²) in [6, 6.07) is 16.0. The van der Waals surface area contributed by atoms with E-state index in [9.17, 15) is 19.8 Å². The maximum atomic E-state index is 12.1. The number of anilines is 1. The fraction of sp³-hybridized carbons (Fsp3) is 0.524. The van der Waals surface area contributed by atoms with Gasteiger partial charge in [-0.2, -0.15) is 0 Å². The lowest BCUT2D eigenvalue weighted by Crippen LogP contribution is -2.12. The van der Waals surface area contributed by atoms with Gasteiger partial charge in [0, 0.05) is 11.3 Å². The molecule has 3 rings (SSSR count). The molecule has 0 saturated heterocycles. The highest BCUT2D eigenvalue weighted by molar-refractivity contribution is 6.04. The van der Waals surface area contributed by atoms with E-state index in [0.29, 0.717) is 40.0 Å². The third-order valence-corrected chi connectivity index (χ3v) is 8.74. The van der Waals surface area contributed by atoms with E-state index in [1.54, 1.807) is 52.0 Å². The Morgan fingerprint density at radius 2 is 0.938 bits per heavy atom. The number of carbonyl (C=O) groups is 2. The average molecular weight is 660 g/mol. The fourth-order valence-corrected chi connectivity index (χ4v) is 5.78. The van der Waals surface area contributed by atoms with Crippen molar-refractivity contribution in [1.29, 1.82) is 0 Å². The maximum absolute atomic E-state index is 12.1. The number of amides is 1. The van der Waals surface area contributed by atoms with E-state index in [0.717, 1.165) is 18.5 Å². The molecule has 3 aromatic carbocycles. The Morgan fingerprint density at radius 1 is 0.562 bits per heavy atom. The second-order valence-electron chi connectivity index (χ2n) is 13.2. The molecule has 0 bridgehead atoms. The Morgan fingerprint density at radius 3 is 1.35 bits per heavy atom. The lowest BCUT2D eigenvalue weighted by atomic mass is 10.0. The Bertz CT molecular complexity index is 1320. The smallest absolute Gasteiger partial charge is 0.338 e. The number of benzene rings is 3. The third-order valence-electron chi connectivity index (χ3n) is 8.74. The molecule has 0 saturated carbocycles. The van der Waals surface area contributed by atoms with Crippen LogP contribution in [-0.4, -0.2) is 28.7 Å². The van der Waals surface area contributed by atoms with Gasteiger partial charge in [-0.05, 0) is 92.8 Å². The van der Waals surface area contributed by atoms with Crippen molar-refractivity contribution in [2.24, 2.45) is 0 Å². The van der Waals surface area contributed by atoms with Crippen LogP contribution < -0.4 is 5.32 Å². The Kier molecular flexibility index (Phi) is 19.8. The summed E-state index contributed by atoms with van der Waals surface area (Å²) in [6.07, 6.45) is 21.4. The van der Waals surface area contributed by atoms with Crippen LogP contribution in [0.15, 0.2) is 54.6 Å². The van der Waals surface area contributed by atoms with Crippen molar-refractivity contribution in [1.82, 2.24) is 0 Å². The largest absolute Gasteiger partial charge is 0.507 e. The molecule has 0 aliphatic carbocycles. The summed E-state index contributed by atoms with van der Waals surface area (Å²) in [6.45, 7) is 9.92. The van der Waals surface area contributed by atoms with E-state index >= 15 is 0 Å². The number of esters is 1. The lowest BCUT2D eigenvalue weighted by molar-refractivity contribution is 0.0497. The highest BCUT2D eigenvalue weighted by Gasteiger charge is 2.12. The van der Waals surface area contributed by atoms with E-state index in [4.69, 9.17) is 4.74 Å². The number of aryl methyl sites for hydroxylation is 4. The van der Waals surface area contributed by atoms with Crippen molar-refractivity contribution in [3.05, 3.63) is 88.0 Å². The Hall–Kier alpha value is -3.80. The molecular weight excluding hydrogens is 598 g/mol. The molecule has 0 radical (unpaired) electrons. The van der Waals surface area contributed by atoms with E-state index in [-0.39, 0.29) is 23.4 Å². The van der Waals surface area contributed by atoms with Crippen molar-refractivity contribution in [3.8, 4) is 11.5 Å². The molecule has 0 atom stereocenters. The zero-order chi connectivity index (χ0) is 35.1. The number of unbranched alkanes of at least 4 members (excludes halogenated alkanes) is 15. The van der Waals surface area contributed by atoms with Crippen LogP contribution >= 0.6 is 0 Å². The number of phenols is 2. The van der Waals surface area contributed by atoms with Gasteiger partial charge in [-0.3, -0.25) is 4.79 Å². The zero-order valence-electron chi connectivity index (χ0n) is 30.3. The summed E-state index contributed by atoms with van der Waals surface area (Å²) >= 11 is 0. The van der Waals surface area contributed by atoms with Gasteiger partial charge in [0.25, 0.3) is 5.91 Å². The number of hydrogen-bond acceptors (Lipinski definition) is 5. The number of nitrogens with one attached hydrogen (secondary N) is 1. The van der Waals surface area contributed by atoms with Crippen LogP contribution in [0.3, 0.4) is 0 Å². The second-order valence-corrected chi connectivity index (χ2v) is 13.2. The molecule has 0 heterocycles. The molecule has 1 amide bonds. The summed E-state index contributed by atoms with van der Waals surface area (Å²) in [5.41, 5.74) is 4.66. The molecule has 6 heteroatoms. The topological polar surface area (TPSA) is 95.9 Å². The van der Waals surface area contributed by atoms with Crippen LogP contribution in [0.1, 0.15) is 153 Å². The summed E-state index contributed by atoms with van der Waals surface area (Å²) in [5.74, 6) is 0.0326. The van der Waals surface area contributed by atoms with Gasteiger partial charge in [0.05, 0.1) is 12.2 Å². The molecule has 0 aliphatic heterocycles. The van der Waals surface area contributed by atoms with Gasteiger partial charge in [-0.1, -0.05) is 121 Å². The van der Waals surface area contributed by atoms with Gasteiger partial charge in [0.2, 0.25) is 0 Å². The summed E-state index contributed by atoms with van der Waals surface area (Å²) in [5, 5.41) is 22.3. The van der Waals surface area contributed by atoms with E-state index in [1.165, 1.54) is 89.9 Å². The summed E-state index contributed by atoms with van der Waals surface area (Å²) in [4.78, 5) is 24.2. The van der Waals surface area contributed by atoms with Crippen molar-refractivity contribution in [2.75, 3.05) is 11.9 Å². The number of para-hydroxylation sites is 1. The van der Waals surface area contributed by atoms with Crippen molar-refractivity contribution >= 4 is 17.6 Å². The van der Waals surface area contributed by atoms with Crippen LogP contribution in [0.4, 0.5) is 5.69 Å². The van der Waals surface area contributed by atoms with Gasteiger partial charge in [-0.25, -0.2) is 4.79 Å². The van der Waals surface area contributed by atoms with Crippen LogP contribution in [0.25, 0.3) is 0 Å². The van der Waals surface area contributed by atoms with Gasteiger partial charge >= 0.3 is 5.97 Å². The minimum absolute atomic E-state index is 0.174. The van der Waals surface area contributed by atoms with Crippen LogP contribution in [-0.2, 0) is 4.74 Å². The van der Waals surface area contributed by atoms with Crippen molar-refractivity contribution in [3.63, 3.8) is 0 Å². The molecule has 0 unspecified atom stereocenters. The predicted molar refractivity (Wildman–Crippen MR) is 199 cm³/mol. The minimum Gasteiger partial charge on any atom is -0.507 e. The first-order valence-electron chi connectivity index (χ1n) is 18.3. The number of carbonyl (C=O) groups excluding carboxylic acids is 2. The predicted octanol–water partition coefficient (Wildman–Crippen LogP) is 11.7. The molecule has 0 aliphatic rings. The fourth-order valence-electron chi connectivity index (χ4n) is 5.78. The van der Waals surface area contributed by atoms with E-state index < -0.39 is 0 Å². The van der Waals surface area contributed by atoms with Crippen LogP contribution in [0, 0.1) is 27.7 Å². The van der Waals surface area contributed by atoms with Crippen molar-refractivity contribution < 1.29 is 24.5 Å². The van der Waals surface area contributed by atoms with E-state index in [2.05, 4.69) is 12.2 Å². The average Bonchev–Trinajstić information content (AvgIpc) is 3.07. The molecule has 264 valence electrons. The maximum Gasteiger partial charge on any atom is 0.338 e. The normalized spacial score (nSPS) is 10.7. The molecule has 48 heavy (non-hydrogen) atoms. The van der Waals surface area contributed by atoms with Crippen molar-refractivity contribution in [2.45, 2.75) is 137 Å². The zero-order valence-corrected chi connectivity index (χ0v) is 30.3. The third kappa shape index (κ3) is 15.9. The highest BCUT2D eigenvalue weighted by atomic mass is 16.5. The Balaban J connectivity index is 0.000000376. The first kappa shape index (κ1) is 40.4. The van der Waals surface area contributed by atoms with Gasteiger partial charge < -0.3 is 20.3 Å². The molecule has 3 N–H and O–H groups in total. The lowest BCUT2D eigenvalue weighted by Gasteiger charge is -2.08. The number of ether oxygens (including phenoxy) is 1. The first-order chi connectivity index (χ1) is 23.1.